The molecule has 0 aliphatic rings. The molecule has 0 unspecified atom stereocenters. The van der Waals surface area contributed by atoms with Gasteiger partial charge in [-0.2, -0.15) is 5.10 Å². The van der Waals surface area contributed by atoms with Crippen molar-refractivity contribution < 1.29 is 14.7 Å². The molecule has 18 heavy (non-hydrogen) atoms. The van der Waals surface area contributed by atoms with Gasteiger partial charge in [-0.15, -0.1) is 0 Å². The Morgan fingerprint density at radius 3 is 2.44 bits per heavy atom. The van der Waals surface area contributed by atoms with Crippen LogP contribution in [0.4, 0.5) is 5.69 Å². The van der Waals surface area contributed by atoms with E-state index < -0.39 is 5.97 Å². The second-order valence-corrected chi connectivity index (χ2v) is 3.75. The first kappa shape index (κ1) is 11.8. The van der Waals surface area contributed by atoms with Crippen LogP contribution in [0, 0.1) is 6.92 Å². The lowest BCUT2D eigenvalue weighted by atomic mass is 10.2. The number of carboxylic acid groups (broad SMARTS) is 1. The van der Waals surface area contributed by atoms with Crippen LogP contribution in [0.25, 0.3) is 0 Å². The van der Waals surface area contributed by atoms with E-state index in [1.54, 1.807) is 6.92 Å². The van der Waals surface area contributed by atoms with E-state index in [1.807, 2.05) is 0 Å². The Hall–Kier alpha value is -2.63. The molecule has 0 radical (unpaired) electrons. The molecule has 0 aliphatic carbocycles. The number of aryl methyl sites for hydroxylation is 1. The Morgan fingerprint density at radius 1 is 1.28 bits per heavy atom. The van der Waals surface area contributed by atoms with Crippen molar-refractivity contribution in [2.45, 2.75) is 6.92 Å². The number of carbonyl (C=O) groups excluding carboxylic acids is 1. The van der Waals surface area contributed by atoms with Crippen LogP contribution in [-0.2, 0) is 0 Å². The third-order valence-corrected chi connectivity index (χ3v) is 2.46. The highest BCUT2D eigenvalue weighted by atomic mass is 16.4. The minimum atomic E-state index is -1.00. The largest absolute Gasteiger partial charge is 0.478 e. The molecule has 0 aliphatic heterocycles. The van der Waals surface area contributed by atoms with Gasteiger partial charge < -0.3 is 10.4 Å². The topological polar surface area (TPSA) is 95.1 Å². The Labute approximate surface area is 103 Å². The van der Waals surface area contributed by atoms with Gasteiger partial charge in [0.25, 0.3) is 5.91 Å². The summed E-state index contributed by atoms with van der Waals surface area (Å²) in [6.07, 6.45) is 1.44. The van der Waals surface area contributed by atoms with Gasteiger partial charge in [-0.25, -0.2) is 4.79 Å². The van der Waals surface area contributed by atoms with Crippen LogP contribution >= 0.6 is 0 Å². The standard InChI is InChI=1S/C12H11N3O3/c1-7-10(6-13-15-7)11(16)14-9-4-2-8(3-5-9)12(17)18/h2-6H,1H3,(H,13,15)(H,14,16)(H,17,18). The first-order chi connectivity index (χ1) is 8.58. The average Bonchev–Trinajstić information content (AvgIpc) is 2.76. The molecule has 1 aromatic heterocycles. The van der Waals surface area contributed by atoms with E-state index in [0.29, 0.717) is 16.9 Å². The lowest BCUT2D eigenvalue weighted by Gasteiger charge is -2.04. The summed E-state index contributed by atoms with van der Waals surface area (Å²) >= 11 is 0. The van der Waals surface area contributed by atoms with E-state index in [9.17, 15) is 9.59 Å². The highest BCUT2D eigenvalue weighted by molar-refractivity contribution is 6.05. The van der Waals surface area contributed by atoms with Gasteiger partial charge in [-0.05, 0) is 31.2 Å². The van der Waals surface area contributed by atoms with Gasteiger partial charge in [0.05, 0.1) is 17.3 Å². The molecule has 1 amide bonds. The number of carbonyl (C=O) groups is 2. The summed E-state index contributed by atoms with van der Waals surface area (Å²) in [5.41, 5.74) is 1.84. The van der Waals surface area contributed by atoms with Crippen LogP contribution in [-0.4, -0.2) is 27.2 Å². The Balaban J connectivity index is 2.13. The predicted molar refractivity (Wildman–Crippen MR) is 64.7 cm³/mol. The summed E-state index contributed by atoms with van der Waals surface area (Å²) in [6, 6.07) is 5.94. The van der Waals surface area contributed by atoms with Gasteiger partial charge in [0, 0.05) is 11.4 Å². The lowest BCUT2D eigenvalue weighted by molar-refractivity contribution is 0.0696. The van der Waals surface area contributed by atoms with Crippen LogP contribution in [0.5, 0.6) is 0 Å². The van der Waals surface area contributed by atoms with Gasteiger partial charge in [-0.3, -0.25) is 9.89 Å². The Bertz CT molecular complexity index is 587. The highest BCUT2D eigenvalue weighted by Gasteiger charge is 2.11. The molecule has 0 fully saturated rings. The molecule has 92 valence electrons. The summed E-state index contributed by atoms with van der Waals surface area (Å²) in [5.74, 6) is -1.29. The van der Waals surface area contributed by atoms with Crippen molar-refractivity contribution >= 4 is 17.6 Å². The number of nitrogens with zero attached hydrogens (tertiary/aromatic N) is 1. The molecule has 2 rings (SSSR count). The number of benzene rings is 1. The monoisotopic (exact) mass is 245 g/mol. The van der Waals surface area contributed by atoms with E-state index in [-0.39, 0.29) is 11.5 Å². The number of aromatic amines is 1. The smallest absolute Gasteiger partial charge is 0.335 e. The number of aromatic carboxylic acids is 1. The summed E-state index contributed by atoms with van der Waals surface area (Å²) in [5, 5.41) is 17.8. The van der Waals surface area contributed by atoms with Crippen molar-refractivity contribution in [2.24, 2.45) is 0 Å². The van der Waals surface area contributed by atoms with Crippen LogP contribution in [0.15, 0.2) is 30.5 Å². The van der Waals surface area contributed by atoms with E-state index in [1.165, 1.54) is 30.5 Å². The number of H-pyrrole nitrogens is 1. The fourth-order valence-corrected chi connectivity index (χ4v) is 1.47. The minimum Gasteiger partial charge on any atom is -0.478 e. The van der Waals surface area contributed by atoms with E-state index >= 15 is 0 Å². The molecular formula is C12H11N3O3. The summed E-state index contributed by atoms with van der Waals surface area (Å²) < 4.78 is 0. The first-order valence-electron chi connectivity index (χ1n) is 5.22. The molecule has 1 heterocycles. The van der Waals surface area contributed by atoms with Crippen LogP contribution in [0.2, 0.25) is 0 Å². The maximum atomic E-state index is 11.8. The predicted octanol–water partition coefficient (Wildman–Crippen LogP) is 1.67. The number of amides is 1. The third kappa shape index (κ3) is 2.37. The second kappa shape index (κ2) is 4.70. The zero-order valence-electron chi connectivity index (χ0n) is 9.60. The number of aromatic nitrogens is 2. The first-order valence-corrected chi connectivity index (χ1v) is 5.22. The lowest BCUT2D eigenvalue weighted by Crippen LogP contribution is -2.12. The third-order valence-electron chi connectivity index (χ3n) is 2.46. The van der Waals surface area contributed by atoms with E-state index in [2.05, 4.69) is 15.5 Å². The number of hydrogen-bond acceptors (Lipinski definition) is 3. The summed E-state index contributed by atoms with van der Waals surface area (Å²) in [7, 11) is 0. The Kier molecular flexibility index (Phi) is 3.09. The quantitative estimate of drug-likeness (QED) is 0.766. The molecule has 2 aromatic rings. The zero-order valence-corrected chi connectivity index (χ0v) is 9.60. The fourth-order valence-electron chi connectivity index (χ4n) is 1.47. The van der Waals surface area contributed by atoms with Crippen LogP contribution in [0.3, 0.4) is 0 Å². The van der Waals surface area contributed by atoms with Gasteiger partial charge in [-0.1, -0.05) is 0 Å². The summed E-state index contributed by atoms with van der Waals surface area (Å²) in [4.78, 5) is 22.5. The number of nitrogens with one attached hydrogen (secondary N) is 2. The molecule has 0 saturated heterocycles. The van der Waals surface area contributed by atoms with E-state index in [4.69, 9.17) is 5.11 Å². The van der Waals surface area contributed by atoms with Crippen molar-refractivity contribution in [1.82, 2.24) is 10.2 Å². The van der Waals surface area contributed by atoms with E-state index in [0.717, 1.165) is 0 Å². The highest BCUT2D eigenvalue weighted by Crippen LogP contribution is 2.12. The van der Waals surface area contributed by atoms with Gasteiger partial charge >= 0.3 is 5.97 Å². The number of rotatable bonds is 3. The SMILES string of the molecule is Cc1[nH]ncc1C(=O)Nc1ccc(C(=O)O)cc1. The normalized spacial score (nSPS) is 10.1. The summed E-state index contributed by atoms with van der Waals surface area (Å²) in [6.45, 7) is 1.75. The molecule has 0 bridgehead atoms. The van der Waals surface area contributed by atoms with Crippen molar-refractivity contribution in [3.63, 3.8) is 0 Å². The van der Waals surface area contributed by atoms with Crippen LogP contribution in [0.1, 0.15) is 26.4 Å². The van der Waals surface area contributed by atoms with Gasteiger partial charge in [0.15, 0.2) is 0 Å². The van der Waals surface area contributed by atoms with Crippen molar-refractivity contribution in [2.75, 3.05) is 5.32 Å². The molecule has 0 atom stereocenters. The molecule has 0 saturated carbocycles. The number of carboxylic acids is 1. The molecule has 3 N–H and O–H groups in total. The Morgan fingerprint density at radius 2 is 1.94 bits per heavy atom. The van der Waals surface area contributed by atoms with Crippen LogP contribution < -0.4 is 5.32 Å². The molecular weight excluding hydrogens is 234 g/mol. The zero-order chi connectivity index (χ0) is 13.1. The second-order valence-electron chi connectivity index (χ2n) is 3.75. The number of hydrogen-bond donors (Lipinski definition) is 3. The van der Waals surface area contributed by atoms with Crippen molar-refractivity contribution in [1.29, 1.82) is 0 Å². The molecule has 1 aromatic carbocycles. The van der Waals surface area contributed by atoms with Crippen molar-refractivity contribution in [3.05, 3.63) is 47.3 Å². The minimum absolute atomic E-state index is 0.174. The maximum Gasteiger partial charge on any atom is 0.335 e. The molecule has 0 spiro atoms. The van der Waals surface area contributed by atoms with Gasteiger partial charge in [0.2, 0.25) is 0 Å². The molecule has 6 nitrogen and oxygen atoms in total. The molecule has 6 heteroatoms. The number of anilines is 1. The average molecular weight is 245 g/mol. The van der Waals surface area contributed by atoms with Crippen molar-refractivity contribution in [3.8, 4) is 0 Å². The maximum absolute atomic E-state index is 11.8. The fraction of sp³-hybridized carbons (Fsp3) is 0.0833. The van der Waals surface area contributed by atoms with Gasteiger partial charge in [0.1, 0.15) is 0 Å².